The van der Waals surface area contributed by atoms with E-state index < -0.39 is 23.5 Å². The number of rotatable bonds is 9. The van der Waals surface area contributed by atoms with Crippen LogP contribution < -0.4 is 4.74 Å². The van der Waals surface area contributed by atoms with E-state index in [1.165, 1.54) is 12.0 Å². The molecule has 1 unspecified atom stereocenters. The van der Waals surface area contributed by atoms with Gasteiger partial charge in [-0.15, -0.1) is 0 Å². The Labute approximate surface area is 199 Å². The van der Waals surface area contributed by atoms with Gasteiger partial charge < -0.3 is 23.9 Å². The molecule has 0 saturated heterocycles. The van der Waals surface area contributed by atoms with Gasteiger partial charge in [0.15, 0.2) is 11.5 Å². The first-order chi connectivity index (χ1) is 15.9. The molecule has 1 aliphatic heterocycles. The Bertz CT molecular complexity index is 1230. The Balaban J connectivity index is 1.77. The van der Waals surface area contributed by atoms with Crippen LogP contribution in [-0.2, 0) is 9.53 Å². The molecule has 4 rings (SSSR count). The minimum absolute atomic E-state index is 0.0260. The SMILES string of the molecule is CCCOc1cccc(C2C(C(=O)c3cc4cc(Br)ccc4o3)=C(O)C(=O)N2CCOC)c1. The van der Waals surface area contributed by atoms with Crippen LogP contribution in [0.5, 0.6) is 5.75 Å². The molecule has 1 amide bonds. The van der Waals surface area contributed by atoms with Crippen molar-refractivity contribution in [1.82, 2.24) is 4.90 Å². The molecule has 172 valence electrons. The molecule has 2 heterocycles. The van der Waals surface area contributed by atoms with Gasteiger partial charge >= 0.3 is 0 Å². The molecule has 1 N–H and O–H groups in total. The molecule has 1 aromatic heterocycles. The number of hydrogen-bond acceptors (Lipinski definition) is 6. The smallest absolute Gasteiger partial charge is 0.290 e. The number of hydrogen-bond donors (Lipinski definition) is 1. The summed E-state index contributed by atoms with van der Waals surface area (Å²) < 4.78 is 17.5. The quantitative estimate of drug-likeness (QED) is 0.395. The molecular weight excluding hydrogens is 490 g/mol. The van der Waals surface area contributed by atoms with Crippen molar-refractivity contribution in [2.24, 2.45) is 0 Å². The lowest BCUT2D eigenvalue weighted by atomic mass is 9.95. The Hall–Kier alpha value is -3.10. The predicted octanol–water partition coefficient (Wildman–Crippen LogP) is 5.21. The van der Waals surface area contributed by atoms with Crippen LogP contribution in [0.4, 0.5) is 0 Å². The zero-order chi connectivity index (χ0) is 23.5. The molecule has 33 heavy (non-hydrogen) atoms. The average molecular weight is 514 g/mol. The number of Topliss-reactive ketones (excluding diaryl/α,β-unsaturated/α-hetero) is 1. The Morgan fingerprint density at radius 2 is 2.00 bits per heavy atom. The van der Waals surface area contributed by atoms with E-state index in [-0.39, 0.29) is 24.5 Å². The molecule has 0 radical (unpaired) electrons. The summed E-state index contributed by atoms with van der Waals surface area (Å²) in [6, 6.07) is 13.4. The number of fused-ring (bicyclic) bond motifs is 1. The second-order valence-electron chi connectivity index (χ2n) is 7.70. The third-order valence-corrected chi connectivity index (χ3v) is 5.93. The van der Waals surface area contributed by atoms with E-state index in [9.17, 15) is 14.7 Å². The van der Waals surface area contributed by atoms with Crippen LogP contribution in [0.25, 0.3) is 11.0 Å². The molecule has 2 aromatic carbocycles. The first-order valence-electron chi connectivity index (χ1n) is 10.6. The van der Waals surface area contributed by atoms with Gasteiger partial charge in [-0.25, -0.2) is 0 Å². The second-order valence-corrected chi connectivity index (χ2v) is 8.61. The lowest BCUT2D eigenvalue weighted by Crippen LogP contribution is -2.34. The molecule has 0 spiro atoms. The summed E-state index contributed by atoms with van der Waals surface area (Å²) in [5, 5.41) is 11.5. The zero-order valence-electron chi connectivity index (χ0n) is 18.3. The highest BCUT2D eigenvalue weighted by atomic mass is 79.9. The fourth-order valence-electron chi connectivity index (χ4n) is 3.91. The first kappa shape index (κ1) is 23.1. The van der Waals surface area contributed by atoms with Crippen molar-refractivity contribution in [2.75, 3.05) is 26.9 Å². The molecule has 0 bridgehead atoms. The van der Waals surface area contributed by atoms with Gasteiger partial charge in [0.05, 0.1) is 24.8 Å². The van der Waals surface area contributed by atoms with Crippen LogP contribution in [0.2, 0.25) is 0 Å². The van der Waals surface area contributed by atoms with Crippen molar-refractivity contribution >= 4 is 38.6 Å². The van der Waals surface area contributed by atoms with E-state index >= 15 is 0 Å². The van der Waals surface area contributed by atoms with E-state index in [4.69, 9.17) is 13.9 Å². The maximum atomic E-state index is 13.6. The highest BCUT2D eigenvalue weighted by Crippen LogP contribution is 2.40. The predicted molar refractivity (Wildman–Crippen MR) is 126 cm³/mol. The summed E-state index contributed by atoms with van der Waals surface area (Å²) in [7, 11) is 1.53. The molecule has 0 saturated carbocycles. The average Bonchev–Trinajstić information content (AvgIpc) is 3.34. The van der Waals surface area contributed by atoms with Crippen molar-refractivity contribution in [1.29, 1.82) is 0 Å². The molecule has 1 aliphatic rings. The summed E-state index contributed by atoms with van der Waals surface area (Å²) in [5.74, 6) is -1.07. The summed E-state index contributed by atoms with van der Waals surface area (Å²) >= 11 is 3.41. The normalized spacial score (nSPS) is 16.2. The molecule has 8 heteroatoms. The van der Waals surface area contributed by atoms with Crippen LogP contribution in [0.15, 0.2) is 68.8 Å². The Morgan fingerprint density at radius 3 is 2.76 bits per heavy atom. The van der Waals surface area contributed by atoms with E-state index in [0.717, 1.165) is 16.3 Å². The first-order valence-corrected chi connectivity index (χ1v) is 11.4. The van der Waals surface area contributed by atoms with Crippen LogP contribution in [0.3, 0.4) is 0 Å². The van der Waals surface area contributed by atoms with Crippen LogP contribution >= 0.6 is 15.9 Å². The van der Waals surface area contributed by atoms with E-state index in [1.54, 1.807) is 30.3 Å². The fraction of sp³-hybridized carbons (Fsp3) is 0.280. The molecular formula is C25H24BrNO6. The maximum absolute atomic E-state index is 13.6. The molecule has 3 aromatic rings. The highest BCUT2D eigenvalue weighted by Gasteiger charge is 2.44. The van der Waals surface area contributed by atoms with Gasteiger partial charge in [-0.2, -0.15) is 0 Å². The van der Waals surface area contributed by atoms with Crippen LogP contribution in [0, 0.1) is 0 Å². The lowest BCUT2D eigenvalue weighted by Gasteiger charge is -2.26. The number of amides is 1. The number of furan rings is 1. The monoisotopic (exact) mass is 513 g/mol. The maximum Gasteiger partial charge on any atom is 0.290 e. The summed E-state index contributed by atoms with van der Waals surface area (Å²) in [6.45, 7) is 3.01. The van der Waals surface area contributed by atoms with Crippen molar-refractivity contribution in [2.45, 2.75) is 19.4 Å². The van der Waals surface area contributed by atoms with E-state index in [0.29, 0.717) is 23.5 Å². The van der Waals surface area contributed by atoms with Crippen LogP contribution in [0.1, 0.15) is 35.5 Å². The topological polar surface area (TPSA) is 89.2 Å². The van der Waals surface area contributed by atoms with Gasteiger partial charge in [0.2, 0.25) is 5.78 Å². The summed E-state index contributed by atoms with van der Waals surface area (Å²) in [4.78, 5) is 27.9. The van der Waals surface area contributed by atoms with Crippen molar-refractivity contribution in [3.63, 3.8) is 0 Å². The van der Waals surface area contributed by atoms with Crippen LogP contribution in [-0.4, -0.2) is 48.6 Å². The largest absolute Gasteiger partial charge is 0.503 e. The van der Waals surface area contributed by atoms with Crippen molar-refractivity contribution < 1.29 is 28.6 Å². The Morgan fingerprint density at radius 1 is 1.18 bits per heavy atom. The highest BCUT2D eigenvalue weighted by molar-refractivity contribution is 9.10. The number of benzene rings is 2. The van der Waals surface area contributed by atoms with Crippen molar-refractivity contribution in [3.05, 3.63) is 75.7 Å². The number of nitrogens with zero attached hydrogens (tertiary/aromatic N) is 1. The minimum Gasteiger partial charge on any atom is -0.503 e. The number of ketones is 1. The minimum atomic E-state index is -0.801. The third-order valence-electron chi connectivity index (χ3n) is 5.43. The fourth-order valence-corrected chi connectivity index (χ4v) is 4.28. The summed E-state index contributed by atoms with van der Waals surface area (Å²) in [6.07, 6.45) is 0.846. The number of aliphatic hydroxyl groups is 1. The van der Waals surface area contributed by atoms with E-state index in [1.807, 2.05) is 25.1 Å². The van der Waals surface area contributed by atoms with Gasteiger partial charge in [-0.1, -0.05) is 35.0 Å². The summed E-state index contributed by atoms with van der Waals surface area (Å²) in [5.41, 5.74) is 1.16. The number of aliphatic hydroxyl groups excluding tert-OH is 1. The van der Waals surface area contributed by atoms with Gasteiger partial charge in [-0.05, 0) is 48.4 Å². The number of methoxy groups -OCH3 is 1. The molecule has 0 fully saturated rings. The van der Waals surface area contributed by atoms with Gasteiger partial charge in [-0.3, -0.25) is 9.59 Å². The molecule has 7 nitrogen and oxygen atoms in total. The number of carbonyl (C=O) groups is 2. The number of halogens is 1. The van der Waals surface area contributed by atoms with Gasteiger partial charge in [0.1, 0.15) is 11.3 Å². The third kappa shape index (κ3) is 4.54. The lowest BCUT2D eigenvalue weighted by molar-refractivity contribution is -0.130. The number of carbonyl (C=O) groups excluding carboxylic acids is 2. The number of ether oxygens (including phenoxy) is 2. The Kier molecular flexibility index (Phi) is 6.85. The van der Waals surface area contributed by atoms with Gasteiger partial charge in [0, 0.05) is 23.5 Å². The van der Waals surface area contributed by atoms with E-state index in [2.05, 4.69) is 15.9 Å². The zero-order valence-corrected chi connectivity index (χ0v) is 19.9. The standard InChI is InChI=1S/C25H24BrNO6/c1-3-10-32-18-6-4-5-15(13-18)22-21(24(29)25(30)27(22)9-11-31-2)23(28)20-14-16-12-17(26)7-8-19(16)33-20/h4-8,12-14,22,29H,3,9-11H2,1-2H3. The second kappa shape index (κ2) is 9.80. The van der Waals surface area contributed by atoms with Crippen molar-refractivity contribution in [3.8, 4) is 5.75 Å². The molecule has 1 atom stereocenters. The van der Waals surface area contributed by atoms with Gasteiger partial charge in [0.25, 0.3) is 5.91 Å². The molecule has 0 aliphatic carbocycles.